The largest absolute Gasteiger partial charge is 0.393 e. The second-order valence-corrected chi connectivity index (χ2v) is 9.54. The second kappa shape index (κ2) is 5.64. The maximum atomic E-state index is 12.4. The van der Waals surface area contributed by atoms with Gasteiger partial charge in [-0.25, -0.2) is 0 Å². The third-order valence-corrected chi connectivity index (χ3v) is 8.72. The highest BCUT2D eigenvalue weighted by molar-refractivity contribution is 5.89. The monoisotopic (exact) mass is 348 g/mol. The van der Waals surface area contributed by atoms with Crippen molar-refractivity contribution in [2.24, 2.45) is 28.6 Å². The summed E-state index contributed by atoms with van der Waals surface area (Å²) in [6.45, 7) is 3.69. The Morgan fingerprint density at radius 1 is 1.28 bits per heavy atom. The van der Waals surface area contributed by atoms with Crippen LogP contribution in [0.1, 0.15) is 65.2 Å². The van der Waals surface area contributed by atoms with Gasteiger partial charge in [-0.15, -0.1) is 0 Å². The van der Waals surface area contributed by atoms with Crippen LogP contribution in [-0.2, 0) is 4.79 Å². The van der Waals surface area contributed by atoms with Gasteiger partial charge in [0.1, 0.15) is 12.2 Å². The van der Waals surface area contributed by atoms with Crippen molar-refractivity contribution in [1.29, 1.82) is 0 Å². The fraction of sp³-hybridized carbons (Fsp3) is 0.857. The van der Waals surface area contributed by atoms with E-state index in [2.05, 4.69) is 13.0 Å². The molecular weight excluding hydrogens is 316 g/mol. The van der Waals surface area contributed by atoms with Gasteiger partial charge < -0.3 is 15.3 Å². The van der Waals surface area contributed by atoms with Crippen molar-refractivity contribution in [3.05, 3.63) is 11.6 Å². The van der Waals surface area contributed by atoms with Crippen LogP contribution < -0.4 is 0 Å². The van der Waals surface area contributed by atoms with Gasteiger partial charge in [-0.2, -0.15) is 0 Å². The Balaban J connectivity index is 1.73. The van der Waals surface area contributed by atoms with Crippen LogP contribution in [0.5, 0.6) is 0 Å². The van der Waals surface area contributed by atoms with E-state index in [4.69, 9.17) is 0 Å². The number of ketones is 1. The lowest BCUT2D eigenvalue weighted by atomic mass is 9.45. The standard InChI is InChI=1S/C21H32O4/c1-19-9-4-3-5-13(19)6-7-14-15-8-10-21(25,17(24)12-22)20(15,2)11-16(23)18(14)19/h5,14-16,18,22-23,25H,3-4,6-12H2,1-2H3/t14-,15-,16?,18+,19-,20-,21-/m0/s1. The Labute approximate surface area is 150 Å². The molecule has 0 amide bonds. The fourth-order valence-electron chi connectivity index (χ4n) is 7.48. The van der Waals surface area contributed by atoms with Gasteiger partial charge in [-0.1, -0.05) is 25.5 Å². The minimum Gasteiger partial charge on any atom is -0.393 e. The number of aliphatic hydroxyl groups excluding tert-OH is 2. The van der Waals surface area contributed by atoms with Crippen molar-refractivity contribution < 1.29 is 20.1 Å². The summed E-state index contributed by atoms with van der Waals surface area (Å²) in [6, 6.07) is 0. The number of fused-ring (bicyclic) bond motifs is 5. The van der Waals surface area contributed by atoms with Crippen LogP contribution in [0, 0.1) is 28.6 Å². The van der Waals surface area contributed by atoms with Crippen molar-refractivity contribution in [2.45, 2.75) is 76.9 Å². The predicted octanol–water partition coefficient (Wildman–Crippen LogP) is 2.60. The van der Waals surface area contributed by atoms with Gasteiger partial charge >= 0.3 is 0 Å². The average Bonchev–Trinajstić information content (AvgIpc) is 2.85. The molecule has 4 aliphatic carbocycles. The molecule has 0 bridgehead atoms. The Kier molecular flexibility index (Phi) is 3.99. The Hall–Kier alpha value is -0.710. The van der Waals surface area contributed by atoms with Crippen LogP contribution in [0.2, 0.25) is 0 Å². The first-order valence-corrected chi connectivity index (χ1v) is 10.0. The highest BCUT2D eigenvalue weighted by Gasteiger charge is 2.67. The first-order chi connectivity index (χ1) is 11.8. The second-order valence-electron chi connectivity index (χ2n) is 9.54. The molecule has 25 heavy (non-hydrogen) atoms. The first kappa shape index (κ1) is 17.7. The molecule has 1 unspecified atom stereocenters. The molecule has 0 heterocycles. The summed E-state index contributed by atoms with van der Waals surface area (Å²) in [5.74, 6) is 0.372. The zero-order valence-electron chi connectivity index (χ0n) is 15.5. The normalized spacial score (nSPS) is 52.0. The van der Waals surface area contributed by atoms with Gasteiger partial charge in [-0.05, 0) is 74.5 Å². The van der Waals surface area contributed by atoms with Crippen molar-refractivity contribution in [3.8, 4) is 0 Å². The molecule has 0 aromatic carbocycles. The molecule has 0 saturated heterocycles. The van der Waals surface area contributed by atoms with Crippen LogP contribution in [0.15, 0.2) is 11.6 Å². The molecule has 0 aromatic rings. The van der Waals surface area contributed by atoms with Gasteiger partial charge in [-0.3, -0.25) is 4.79 Å². The minimum atomic E-state index is -1.48. The van der Waals surface area contributed by atoms with Crippen LogP contribution in [0.4, 0.5) is 0 Å². The van der Waals surface area contributed by atoms with Gasteiger partial charge in [0, 0.05) is 5.41 Å². The predicted molar refractivity (Wildman–Crippen MR) is 94.8 cm³/mol. The highest BCUT2D eigenvalue weighted by atomic mass is 16.3. The molecule has 3 N–H and O–H groups in total. The number of rotatable bonds is 2. The first-order valence-electron chi connectivity index (χ1n) is 10.0. The van der Waals surface area contributed by atoms with E-state index >= 15 is 0 Å². The molecule has 4 heteroatoms. The molecule has 3 saturated carbocycles. The molecule has 7 atom stereocenters. The van der Waals surface area contributed by atoms with E-state index in [1.165, 1.54) is 12.0 Å². The van der Waals surface area contributed by atoms with Crippen molar-refractivity contribution in [3.63, 3.8) is 0 Å². The van der Waals surface area contributed by atoms with Crippen LogP contribution in [-0.4, -0.2) is 39.4 Å². The van der Waals surface area contributed by atoms with E-state index < -0.39 is 29.5 Å². The number of aliphatic hydroxyl groups is 3. The summed E-state index contributed by atoms with van der Waals surface area (Å²) in [7, 11) is 0. The fourth-order valence-corrected chi connectivity index (χ4v) is 7.48. The summed E-state index contributed by atoms with van der Waals surface area (Å²) in [4.78, 5) is 12.4. The lowest BCUT2D eigenvalue weighted by Gasteiger charge is -2.60. The molecular formula is C21H32O4. The number of allylic oxidation sites excluding steroid dienone is 2. The minimum absolute atomic E-state index is 0.0730. The highest BCUT2D eigenvalue weighted by Crippen LogP contribution is 2.67. The molecule has 0 aromatic heterocycles. The Morgan fingerprint density at radius 3 is 2.76 bits per heavy atom. The molecule has 3 fully saturated rings. The number of carbonyl (C=O) groups is 1. The van der Waals surface area contributed by atoms with E-state index in [-0.39, 0.29) is 17.3 Å². The van der Waals surface area contributed by atoms with Crippen molar-refractivity contribution in [1.82, 2.24) is 0 Å². The summed E-state index contributed by atoms with van der Waals surface area (Å²) >= 11 is 0. The van der Waals surface area contributed by atoms with Crippen molar-refractivity contribution >= 4 is 5.78 Å². The summed E-state index contributed by atoms with van der Waals surface area (Å²) < 4.78 is 0. The topological polar surface area (TPSA) is 77.8 Å². The smallest absolute Gasteiger partial charge is 0.190 e. The number of carbonyl (C=O) groups excluding carboxylic acids is 1. The van der Waals surface area contributed by atoms with Gasteiger partial charge in [0.25, 0.3) is 0 Å². The van der Waals surface area contributed by atoms with E-state index in [1.807, 2.05) is 6.92 Å². The third-order valence-electron chi connectivity index (χ3n) is 8.72. The maximum absolute atomic E-state index is 12.4. The number of Topliss-reactive ketones (excluding diaryl/α,β-unsaturated/α-hetero) is 1. The third kappa shape index (κ3) is 2.14. The summed E-state index contributed by atoms with van der Waals surface area (Å²) in [5, 5.41) is 31.8. The lowest BCUT2D eigenvalue weighted by Crippen LogP contribution is -2.61. The quantitative estimate of drug-likeness (QED) is 0.670. The molecule has 0 spiro atoms. The SMILES string of the molecule is C[C@]12CCCC=C1CC[C@@H]1[C@@H]2C(O)C[C@@]2(C)[C@H]1CC[C@]2(O)C(=O)CO. The summed E-state index contributed by atoms with van der Waals surface area (Å²) in [6.07, 6.45) is 9.23. The molecule has 140 valence electrons. The van der Waals surface area contributed by atoms with Crippen LogP contribution >= 0.6 is 0 Å². The van der Waals surface area contributed by atoms with Gasteiger partial charge in [0.15, 0.2) is 5.78 Å². The van der Waals surface area contributed by atoms with E-state index in [0.29, 0.717) is 18.8 Å². The molecule has 4 nitrogen and oxygen atoms in total. The van der Waals surface area contributed by atoms with E-state index in [1.54, 1.807) is 0 Å². The lowest BCUT2D eigenvalue weighted by molar-refractivity contribution is -0.182. The Morgan fingerprint density at radius 2 is 2.04 bits per heavy atom. The van der Waals surface area contributed by atoms with E-state index in [9.17, 15) is 20.1 Å². The zero-order valence-corrected chi connectivity index (χ0v) is 15.5. The maximum Gasteiger partial charge on any atom is 0.190 e. The molecule has 4 aliphatic rings. The molecule has 0 radical (unpaired) electrons. The average molecular weight is 348 g/mol. The van der Waals surface area contributed by atoms with E-state index in [0.717, 1.165) is 32.1 Å². The van der Waals surface area contributed by atoms with Crippen molar-refractivity contribution in [2.75, 3.05) is 6.61 Å². The molecule has 4 rings (SSSR count). The number of hydrogen-bond donors (Lipinski definition) is 3. The Bertz CT molecular complexity index is 613. The molecule has 0 aliphatic heterocycles. The van der Waals surface area contributed by atoms with Gasteiger partial charge in [0.2, 0.25) is 0 Å². The van der Waals surface area contributed by atoms with Gasteiger partial charge in [0.05, 0.1) is 6.10 Å². The van der Waals surface area contributed by atoms with Crippen LogP contribution in [0.3, 0.4) is 0 Å². The number of hydrogen-bond acceptors (Lipinski definition) is 4. The van der Waals surface area contributed by atoms with Crippen LogP contribution in [0.25, 0.3) is 0 Å². The summed E-state index contributed by atoms with van der Waals surface area (Å²) in [5.41, 5.74) is -0.507. The zero-order chi connectivity index (χ0) is 18.0.